The van der Waals surface area contributed by atoms with E-state index < -0.39 is 11.6 Å². The summed E-state index contributed by atoms with van der Waals surface area (Å²) in [6.07, 6.45) is 0. The van der Waals surface area contributed by atoms with Gasteiger partial charge in [0.25, 0.3) is 0 Å². The van der Waals surface area contributed by atoms with E-state index in [1.54, 1.807) is 0 Å². The number of imidazole rings is 1. The van der Waals surface area contributed by atoms with Gasteiger partial charge in [0.05, 0.1) is 26.8 Å². The number of nitrogens with two attached hydrogens (primary N) is 1. The number of nitrogens with zero attached hydrogens (tertiary/aromatic N) is 2. The Morgan fingerprint density at radius 3 is 2.55 bits per heavy atom. The average molecular weight is 314 g/mol. The normalized spacial score (nSPS) is 11.2. The Kier molecular flexibility index (Phi) is 3.03. The minimum atomic E-state index is -0.618. The van der Waals surface area contributed by atoms with Gasteiger partial charge in [-0.3, -0.25) is 4.57 Å². The lowest BCUT2D eigenvalue weighted by Crippen LogP contribution is -2.02. The van der Waals surface area contributed by atoms with E-state index in [1.165, 1.54) is 34.9 Å². The molecule has 0 aliphatic rings. The lowest BCUT2D eigenvalue weighted by molar-refractivity contribution is 0.626. The van der Waals surface area contributed by atoms with Gasteiger partial charge in [-0.1, -0.05) is 23.2 Å². The van der Waals surface area contributed by atoms with Gasteiger partial charge in [-0.15, -0.1) is 0 Å². The van der Waals surface area contributed by atoms with E-state index in [4.69, 9.17) is 28.9 Å². The van der Waals surface area contributed by atoms with E-state index >= 15 is 0 Å². The predicted octanol–water partition coefficient (Wildman–Crippen LogP) is 4.19. The molecule has 0 unspecified atom stereocenters. The smallest absolute Gasteiger partial charge is 0.205 e. The summed E-state index contributed by atoms with van der Waals surface area (Å²) in [6, 6.07) is 6.35. The van der Waals surface area contributed by atoms with Gasteiger partial charge < -0.3 is 5.73 Å². The van der Waals surface area contributed by atoms with Crippen molar-refractivity contribution in [1.82, 2.24) is 9.55 Å². The Bertz CT molecular complexity index is 830. The van der Waals surface area contributed by atoms with Crippen LogP contribution in [0.5, 0.6) is 0 Å². The lowest BCUT2D eigenvalue weighted by Gasteiger charge is -2.09. The molecule has 0 spiro atoms. The zero-order chi connectivity index (χ0) is 14.4. The van der Waals surface area contributed by atoms with Crippen LogP contribution in [0, 0.1) is 11.6 Å². The van der Waals surface area contributed by atoms with Crippen LogP contribution in [0.1, 0.15) is 0 Å². The third-order valence-corrected chi connectivity index (χ3v) is 3.48. The van der Waals surface area contributed by atoms with Crippen LogP contribution in [0.2, 0.25) is 10.0 Å². The molecule has 20 heavy (non-hydrogen) atoms. The Balaban J connectivity index is 2.38. The van der Waals surface area contributed by atoms with Crippen molar-refractivity contribution in [1.29, 1.82) is 0 Å². The van der Waals surface area contributed by atoms with E-state index in [1.807, 2.05) is 0 Å². The van der Waals surface area contributed by atoms with Crippen LogP contribution >= 0.6 is 23.2 Å². The highest BCUT2D eigenvalue weighted by Gasteiger charge is 2.15. The second kappa shape index (κ2) is 4.61. The van der Waals surface area contributed by atoms with Crippen molar-refractivity contribution in [2.75, 3.05) is 5.73 Å². The van der Waals surface area contributed by atoms with Crippen molar-refractivity contribution in [3.05, 3.63) is 52.0 Å². The van der Waals surface area contributed by atoms with Crippen LogP contribution in [0.3, 0.4) is 0 Å². The fourth-order valence-corrected chi connectivity index (χ4v) is 2.36. The van der Waals surface area contributed by atoms with Gasteiger partial charge in [-0.05, 0) is 24.3 Å². The van der Waals surface area contributed by atoms with Gasteiger partial charge in [-0.2, -0.15) is 0 Å². The molecule has 0 saturated carbocycles. The van der Waals surface area contributed by atoms with Crippen molar-refractivity contribution >= 4 is 40.2 Å². The van der Waals surface area contributed by atoms with Gasteiger partial charge in [-0.25, -0.2) is 13.8 Å². The number of hydrogen-bond donors (Lipinski definition) is 1. The molecule has 0 aliphatic heterocycles. The molecule has 3 aromatic rings. The average Bonchev–Trinajstić information content (AvgIpc) is 2.69. The molecule has 3 nitrogen and oxygen atoms in total. The SMILES string of the molecule is Nc1nc2cc(Cl)c(F)cc2n1-c1cc(F)ccc1Cl. The third-order valence-electron chi connectivity index (χ3n) is 2.87. The van der Waals surface area contributed by atoms with Crippen LogP contribution in [0.15, 0.2) is 30.3 Å². The van der Waals surface area contributed by atoms with Gasteiger partial charge >= 0.3 is 0 Å². The second-order valence-corrected chi connectivity index (χ2v) is 4.97. The molecule has 2 aromatic carbocycles. The molecular weight excluding hydrogens is 307 g/mol. The largest absolute Gasteiger partial charge is 0.369 e. The van der Waals surface area contributed by atoms with Crippen LogP contribution in [-0.4, -0.2) is 9.55 Å². The van der Waals surface area contributed by atoms with E-state index in [0.29, 0.717) is 11.0 Å². The molecule has 7 heteroatoms. The van der Waals surface area contributed by atoms with Crippen molar-refractivity contribution in [3.63, 3.8) is 0 Å². The minimum absolute atomic E-state index is 0.0625. The fraction of sp³-hybridized carbons (Fsp3) is 0. The summed E-state index contributed by atoms with van der Waals surface area (Å²) in [4.78, 5) is 4.07. The summed E-state index contributed by atoms with van der Waals surface area (Å²) in [5.74, 6) is -1.04. The quantitative estimate of drug-likeness (QED) is 0.732. The first-order valence-corrected chi connectivity index (χ1v) is 6.31. The molecule has 0 saturated heterocycles. The number of anilines is 1. The number of halogens is 4. The monoisotopic (exact) mass is 313 g/mol. The van der Waals surface area contributed by atoms with Gasteiger partial charge in [0, 0.05) is 6.07 Å². The summed E-state index contributed by atoms with van der Waals surface area (Å²) in [5, 5.41) is 0.209. The summed E-state index contributed by atoms with van der Waals surface area (Å²) in [7, 11) is 0. The number of rotatable bonds is 1. The Hall–Kier alpha value is -1.85. The number of aromatic nitrogens is 2. The summed E-state index contributed by atoms with van der Waals surface area (Å²) < 4.78 is 28.4. The summed E-state index contributed by atoms with van der Waals surface area (Å²) in [5.41, 5.74) is 6.85. The maximum absolute atomic E-state index is 13.6. The van der Waals surface area contributed by atoms with Crippen molar-refractivity contribution < 1.29 is 8.78 Å². The Morgan fingerprint density at radius 2 is 1.80 bits per heavy atom. The first kappa shape index (κ1) is 13.1. The standard InChI is InChI=1S/C13H7Cl2F2N3/c14-7-2-1-6(16)3-11(7)20-12-5-9(17)8(15)4-10(12)19-13(20)18/h1-5H,(H2,18,19). The van der Waals surface area contributed by atoms with E-state index in [0.717, 1.165) is 0 Å². The van der Waals surface area contributed by atoms with Crippen LogP contribution in [0.4, 0.5) is 14.7 Å². The van der Waals surface area contributed by atoms with Crippen molar-refractivity contribution in [3.8, 4) is 5.69 Å². The first-order valence-electron chi connectivity index (χ1n) is 5.56. The molecule has 2 N–H and O–H groups in total. The molecule has 0 bridgehead atoms. The highest BCUT2D eigenvalue weighted by Crippen LogP contribution is 2.31. The molecule has 1 heterocycles. The predicted molar refractivity (Wildman–Crippen MR) is 75.4 cm³/mol. The van der Waals surface area contributed by atoms with Gasteiger partial charge in [0.15, 0.2) is 0 Å². The van der Waals surface area contributed by atoms with Crippen LogP contribution < -0.4 is 5.73 Å². The second-order valence-electron chi connectivity index (χ2n) is 4.16. The maximum Gasteiger partial charge on any atom is 0.205 e. The van der Waals surface area contributed by atoms with Crippen molar-refractivity contribution in [2.24, 2.45) is 0 Å². The van der Waals surface area contributed by atoms with Gasteiger partial charge in [0.1, 0.15) is 11.6 Å². The highest BCUT2D eigenvalue weighted by atomic mass is 35.5. The van der Waals surface area contributed by atoms with Crippen LogP contribution in [-0.2, 0) is 0 Å². The molecule has 102 valence electrons. The molecule has 0 atom stereocenters. The number of benzene rings is 2. The summed E-state index contributed by atoms with van der Waals surface area (Å²) in [6.45, 7) is 0. The molecule has 0 aliphatic carbocycles. The van der Waals surface area contributed by atoms with Crippen molar-refractivity contribution in [2.45, 2.75) is 0 Å². The van der Waals surface area contributed by atoms with Crippen LogP contribution in [0.25, 0.3) is 16.7 Å². The Labute approximate surface area is 122 Å². The fourth-order valence-electron chi connectivity index (χ4n) is 2.00. The molecular formula is C13H7Cl2F2N3. The summed E-state index contributed by atoms with van der Waals surface area (Å²) >= 11 is 11.7. The topological polar surface area (TPSA) is 43.8 Å². The molecule has 1 aromatic heterocycles. The highest BCUT2D eigenvalue weighted by molar-refractivity contribution is 6.32. The third kappa shape index (κ3) is 1.99. The number of hydrogen-bond acceptors (Lipinski definition) is 2. The first-order chi connectivity index (χ1) is 9.47. The molecule has 0 fully saturated rings. The number of fused-ring (bicyclic) bond motifs is 1. The van der Waals surface area contributed by atoms with E-state index in [2.05, 4.69) is 4.98 Å². The zero-order valence-corrected chi connectivity index (χ0v) is 11.4. The number of nitrogen functional groups attached to an aromatic ring is 1. The molecule has 0 amide bonds. The zero-order valence-electron chi connectivity index (χ0n) is 9.87. The maximum atomic E-state index is 13.6. The van der Waals surface area contributed by atoms with E-state index in [-0.39, 0.29) is 21.7 Å². The lowest BCUT2D eigenvalue weighted by atomic mass is 10.2. The van der Waals surface area contributed by atoms with Gasteiger partial charge in [0.2, 0.25) is 5.95 Å². The Morgan fingerprint density at radius 1 is 1.05 bits per heavy atom. The van der Waals surface area contributed by atoms with E-state index in [9.17, 15) is 8.78 Å². The molecule has 0 radical (unpaired) electrons. The molecule has 3 rings (SSSR count). The minimum Gasteiger partial charge on any atom is -0.369 e.